The molecule has 1 atom stereocenters. The van der Waals surface area contributed by atoms with E-state index in [4.69, 9.17) is 11.6 Å². The Morgan fingerprint density at radius 3 is 2.79 bits per heavy atom. The molecule has 0 N–H and O–H groups in total. The lowest BCUT2D eigenvalue weighted by Gasteiger charge is -2.33. The maximum absolute atomic E-state index is 12.7. The summed E-state index contributed by atoms with van der Waals surface area (Å²) in [5.74, 6) is -1.49. The van der Waals surface area contributed by atoms with E-state index in [1.54, 1.807) is 17.0 Å². The number of rotatable bonds is 3. The molecule has 0 aliphatic carbocycles. The van der Waals surface area contributed by atoms with E-state index in [0.29, 0.717) is 22.2 Å². The molecule has 0 aromatic carbocycles. The van der Waals surface area contributed by atoms with Gasteiger partial charge in [-0.15, -0.1) is 11.3 Å². The summed E-state index contributed by atoms with van der Waals surface area (Å²) >= 11 is 6.89. The first-order chi connectivity index (χ1) is 8.86. The standard InChI is InChI=1S/C12H13ClF3NOS/c13-11-4-3-10(19-11)9(18)7-17-5-1-2-8(6-17)12(14,15)16/h3-4,8H,1-2,5-7H2. The highest BCUT2D eigenvalue weighted by Gasteiger charge is 2.41. The lowest BCUT2D eigenvalue weighted by molar-refractivity contribution is -0.186. The normalized spacial score (nSPS) is 21.6. The third kappa shape index (κ3) is 3.94. The molecule has 0 bridgehead atoms. The van der Waals surface area contributed by atoms with Crippen molar-refractivity contribution in [2.24, 2.45) is 5.92 Å². The number of likely N-dealkylation sites (tertiary alicyclic amines) is 1. The SMILES string of the molecule is O=C(CN1CCCC(C(F)(F)F)C1)c1ccc(Cl)s1. The number of hydrogen-bond acceptors (Lipinski definition) is 3. The van der Waals surface area contributed by atoms with Gasteiger partial charge in [-0.25, -0.2) is 0 Å². The highest BCUT2D eigenvalue weighted by Crippen LogP contribution is 2.33. The van der Waals surface area contributed by atoms with Gasteiger partial charge in [0.25, 0.3) is 0 Å². The monoisotopic (exact) mass is 311 g/mol. The zero-order chi connectivity index (χ0) is 14.0. The Hall–Kier alpha value is -0.590. The van der Waals surface area contributed by atoms with Crippen LogP contribution >= 0.6 is 22.9 Å². The van der Waals surface area contributed by atoms with E-state index in [0.717, 1.165) is 11.3 Å². The Kier molecular flexibility index (Phi) is 4.53. The van der Waals surface area contributed by atoms with E-state index in [1.807, 2.05) is 0 Å². The Morgan fingerprint density at radius 1 is 1.47 bits per heavy atom. The number of alkyl halides is 3. The van der Waals surface area contributed by atoms with Gasteiger partial charge in [0.05, 0.1) is 21.7 Å². The summed E-state index contributed by atoms with van der Waals surface area (Å²) in [4.78, 5) is 14.0. The molecule has 0 spiro atoms. The molecule has 1 unspecified atom stereocenters. The van der Waals surface area contributed by atoms with E-state index < -0.39 is 12.1 Å². The van der Waals surface area contributed by atoms with Gasteiger partial charge >= 0.3 is 6.18 Å². The molecule has 2 heterocycles. The summed E-state index contributed by atoms with van der Waals surface area (Å²) in [6, 6.07) is 3.23. The summed E-state index contributed by atoms with van der Waals surface area (Å²) in [6.45, 7) is 0.481. The second kappa shape index (κ2) is 5.81. The van der Waals surface area contributed by atoms with Crippen LogP contribution in [0.2, 0.25) is 4.34 Å². The molecule has 7 heteroatoms. The number of ketones is 1. The molecule has 1 aromatic rings. The minimum Gasteiger partial charge on any atom is -0.295 e. The van der Waals surface area contributed by atoms with Crippen LogP contribution in [0.5, 0.6) is 0 Å². The number of hydrogen-bond donors (Lipinski definition) is 0. The summed E-state index contributed by atoms with van der Waals surface area (Å²) in [5, 5.41) is 0. The van der Waals surface area contributed by atoms with E-state index >= 15 is 0 Å². The predicted molar refractivity (Wildman–Crippen MR) is 68.9 cm³/mol. The zero-order valence-electron chi connectivity index (χ0n) is 10.0. The Morgan fingerprint density at radius 2 is 2.21 bits per heavy atom. The average molecular weight is 312 g/mol. The van der Waals surface area contributed by atoms with Gasteiger partial charge in [0, 0.05) is 6.54 Å². The molecular formula is C12H13ClF3NOS. The van der Waals surface area contributed by atoms with Crippen molar-refractivity contribution >= 4 is 28.7 Å². The van der Waals surface area contributed by atoms with Crippen molar-refractivity contribution in [1.82, 2.24) is 4.90 Å². The molecule has 1 fully saturated rings. The van der Waals surface area contributed by atoms with Gasteiger partial charge in [0.2, 0.25) is 0 Å². The highest BCUT2D eigenvalue weighted by atomic mass is 35.5. The molecule has 106 valence electrons. The van der Waals surface area contributed by atoms with E-state index in [2.05, 4.69) is 0 Å². The Bertz CT molecular complexity index is 460. The molecule has 19 heavy (non-hydrogen) atoms. The van der Waals surface area contributed by atoms with Crippen molar-refractivity contribution in [3.8, 4) is 0 Å². The van der Waals surface area contributed by atoms with Crippen molar-refractivity contribution in [1.29, 1.82) is 0 Å². The molecule has 1 aromatic heterocycles. The molecule has 2 nitrogen and oxygen atoms in total. The zero-order valence-corrected chi connectivity index (χ0v) is 11.6. The van der Waals surface area contributed by atoms with Gasteiger partial charge in [-0.2, -0.15) is 13.2 Å². The van der Waals surface area contributed by atoms with Crippen molar-refractivity contribution in [2.45, 2.75) is 19.0 Å². The fourth-order valence-electron chi connectivity index (χ4n) is 2.21. The maximum atomic E-state index is 12.7. The fourth-order valence-corrected chi connectivity index (χ4v) is 3.18. The smallest absolute Gasteiger partial charge is 0.295 e. The molecule has 1 aliphatic rings. The predicted octanol–water partition coefficient (Wildman–Crippen LogP) is 3.86. The van der Waals surface area contributed by atoms with Crippen molar-refractivity contribution in [2.75, 3.05) is 19.6 Å². The summed E-state index contributed by atoms with van der Waals surface area (Å²) in [6.07, 6.45) is -3.55. The van der Waals surface area contributed by atoms with E-state index in [9.17, 15) is 18.0 Å². The highest BCUT2D eigenvalue weighted by molar-refractivity contribution is 7.18. The third-order valence-corrected chi connectivity index (χ3v) is 4.46. The average Bonchev–Trinajstić information content (AvgIpc) is 2.75. The molecule has 0 saturated carbocycles. The number of carbonyl (C=O) groups is 1. The number of halogens is 4. The molecule has 0 radical (unpaired) electrons. The van der Waals surface area contributed by atoms with Crippen LogP contribution in [0.1, 0.15) is 22.5 Å². The van der Waals surface area contributed by atoms with Gasteiger partial charge in [0.15, 0.2) is 5.78 Å². The second-order valence-corrected chi connectivity index (χ2v) is 6.36. The summed E-state index contributed by atoms with van der Waals surface area (Å²) < 4.78 is 38.5. The number of thiophene rings is 1. The van der Waals surface area contributed by atoms with Crippen molar-refractivity contribution in [3.63, 3.8) is 0 Å². The first-order valence-electron chi connectivity index (χ1n) is 5.94. The summed E-state index contributed by atoms with van der Waals surface area (Å²) in [7, 11) is 0. The lowest BCUT2D eigenvalue weighted by atomic mass is 9.97. The number of Topliss-reactive ketones (excluding diaryl/α,β-unsaturated/α-hetero) is 1. The molecule has 1 aliphatic heterocycles. The van der Waals surface area contributed by atoms with Gasteiger partial charge in [0.1, 0.15) is 0 Å². The maximum Gasteiger partial charge on any atom is 0.393 e. The molecule has 1 saturated heterocycles. The minimum absolute atomic E-state index is 0.0312. The van der Waals surface area contributed by atoms with Gasteiger partial charge in [-0.3, -0.25) is 9.69 Å². The first kappa shape index (κ1) is 14.8. The lowest BCUT2D eigenvalue weighted by Crippen LogP contribution is -2.43. The number of carbonyl (C=O) groups excluding carboxylic acids is 1. The van der Waals surface area contributed by atoms with Crippen LogP contribution in [0.3, 0.4) is 0 Å². The van der Waals surface area contributed by atoms with Gasteiger partial charge < -0.3 is 0 Å². The Balaban J connectivity index is 1.94. The van der Waals surface area contributed by atoms with E-state index in [-0.39, 0.29) is 25.3 Å². The topological polar surface area (TPSA) is 20.3 Å². The van der Waals surface area contributed by atoms with Crippen molar-refractivity contribution < 1.29 is 18.0 Å². The van der Waals surface area contributed by atoms with Crippen LogP contribution in [-0.2, 0) is 0 Å². The molecule has 0 amide bonds. The second-order valence-electron chi connectivity index (χ2n) is 4.64. The largest absolute Gasteiger partial charge is 0.393 e. The van der Waals surface area contributed by atoms with Crippen LogP contribution in [0.15, 0.2) is 12.1 Å². The molecule has 2 rings (SSSR count). The van der Waals surface area contributed by atoms with Crippen molar-refractivity contribution in [3.05, 3.63) is 21.3 Å². The van der Waals surface area contributed by atoms with Crippen LogP contribution in [-0.4, -0.2) is 36.5 Å². The Labute approximate surface area is 118 Å². The van der Waals surface area contributed by atoms with E-state index in [1.165, 1.54) is 0 Å². The van der Waals surface area contributed by atoms with Crippen LogP contribution in [0.4, 0.5) is 13.2 Å². The first-order valence-corrected chi connectivity index (χ1v) is 7.13. The summed E-state index contributed by atoms with van der Waals surface area (Å²) in [5.41, 5.74) is 0. The quantitative estimate of drug-likeness (QED) is 0.790. The fraction of sp³-hybridized carbons (Fsp3) is 0.583. The number of nitrogens with zero attached hydrogens (tertiary/aromatic N) is 1. The third-order valence-electron chi connectivity index (χ3n) is 3.18. The number of piperidine rings is 1. The molecular weight excluding hydrogens is 299 g/mol. The van der Waals surface area contributed by atoms with Gasteiger partial charge in [-0.05, 0) is 31.5 Å². The van der Waals surface area contributed by atoms with Crippen LogP contribution in [0.25, 0.3) is 0 Å². The van der Waals surface area contributed by atoms with Crippen LogP contribution < -0.4 is 0 Å². The van der Waals surface area contributed by atoms with Crippen LogP contribution in [0, 0.1) is 5.92 Å². The van der Waals surface area contributed by atoms with Gasteiger partial charge in [-0.1, -0.05) is 11.6 Å². The minimum atomic E-state index is -4.17.